The van der Waals surface area contributed by atoms with Gasteiger partial charge in [0.1, 0.15) is 11.3 Å². The van der Waals surface area contributed by atoms with Crippen LogP contribution >= 0.6 is 0 Å². The van der Waals surface area contributed by atoms with Crippen molar-refractivity contribution >= 4 is 11.9 Å². The smallest absolute Gasteiger partial charge is 0.325 e. The van der Waals surface area contributed by atoms with Gasteiger partial charge in [0.2, 0.25) is 0 Å². The van der Waals surface area contributed by atoms with Gasteiger partial charge in [0, 0.05) is 19.6 Å². The Bertz CT molecular complexity index is 513. The van der Waals surface area contributed by atoms with E-state index in [1.54, 1.807) is 19.3 Å². The average molecular weight is 263 g/mol. The zero-order valence-electron chi connectivity index (χ0n) is 11.0. The van der Waals surface area contributed by atoms with Crippen LogP contribution in [0.3, 0.4) is 0 Å². The Morgan fingerprint density at radius 3 is 2.89 bits per heavy atom. The normalized spacial score (nSPS) is 31.5. The lowest BCUT2D eigenvalue weighted by molar-refractivity contribution is -0.131. The summed E-state index contributed by atoms with van der Waals surface area (Å²) >= 11 is 0. The van der Waals surface area contributed by atoms with Crippen molar-refractivity contribution in [2.75, 3.05) is 26.7 Å². The third-order valence-corrected chi connectivity index (χ3v) is 4.01. The number of carbonyl (C=O) groups excluding carboxylic acids is 2. The van der Waals surface area contributed by atoms with Gasteiger partial charge in [0.15, 0.2) is 0 Å². The maximum atomic E-state index is 12.6. The predicted octanol–water partition coefficient (Wildman–Crippen LogP) is 0.619. The number of hydrogen-bond donors (Lipinski definition) is 1. The number of rotatable bonds is 2. The van der Waals surface area contributed by atoms with E-state index in [4.69, 9.17) is 4.42 Å². The van der Waals surface area contributed by atoms with Crippen LogP contribution in [0.15, 0.2) is 22.8 Å². The summed E-state index contributed by atoms with van der Waals surface area (Å²) in [7, 11) is 1.94. The van der Waals surface area contributed by atoms with Gasteiger partial charge in [-0.25, -0.2) is 4.79 Å². The van der Waals surface area contributed by atoms with Crippen molar-refractivity contribution in [1.29, 1.82) is 0 Å². The number of carbonyl (C=O) groups is 2. The van der Waals surface area contributed by atoms with Crippen molar-refractivity contribution in [3.63, 3.8) is 0 Å². The summed E-state index contributed by atoms with van der Waals surface area (Å²) < 4.78 is 5.46. The molecule has 6 nitrogen and oxygen atoms in total. The molecule has 0 aliphatic carbocycles. The highest BCUT2D eigenvalue weighted by Gasteiger charge is 2.60. The molecule has 0 unspecified atom stereocenters. The van der Waals surface area contributed by atoms with E-state index in [1.165, 1.54) is 4.90 Å². The standard InChI is InChI=1S/C13H17N3O3/c1-3-16-11(17)13(14-12(16)18)8-15(2)7-9(13)10-5-4-6-19-10/h4-6,9H,3,7-8H2,1-2H3,(H,14,18)/t9-,13+/m0/s1. The largest absolute Gasteiger partial charge is 0.469 e. The molecule has 0 radical (unpaired) electrons. The zero-order chi connectivity index (χ0) is 13.6. The van der Waals surface area contributed by atoms with Gasteiger partial charge in [0.05, 0.1) is 12.2 Å². The van der Waals surface area contributed by atoms with E-state index in [2.05, 4.69) is 5.32 Å². The van der Waals surface area contributed by atoms with Crippen LogP contribution in [0.25, 0.3) is 0 Å². The molecule has 1 N–H and O–H groups in total. The summed E-state index contributed by atoms with van der Waals surface area (Å²) in [6, 6.07) is 3.36. The van der Waals surface area contributed by atoms with Crippen molar-refractivity contribution in [1.82, 2.24) is 15.1 Å². The Balaban J connectivity index is 2.02. The van der Waals surface area contributed by atoms with E-state index in [-0.39, 0.29) is 17.9 Å². The third kappa shape index (κ3) is 1.59. The number of hydrogen-bond acceptors (Lipinski definition) is 4. The van der Waals surface area contributed by atoms with Gasteiger partial charge in [0.25, 0.3) is 5.91 Å². The minimum absolute atomic E-state index is 0.138. The quantitative estimate of drug-likeness (QED) is 0.794. The molecule has 0 aromatic carbocycles. The molecule has 1 aromatic rings. The van der Waals surface area contributed by atoms with Crippen LogP contribution in [0, 0.1) is 0 Å². The Morgan fingerprint density at radius 1 is 1.53 bits per heavy atom. The van der Waals surface area contributed by atoms with E-state index in [0.717, 1.165) is 5.76 Å². The summed E-state index contributed by atoms with van der Waals surface area (Å²) in [5, 5.41) is 2.88. The Hall–Kier alpha value is -1.82. The Morgan fingerprint density at radius 2 is 2.32 bits per heavy atom. The summed E-state index contributed by atoms with van der Waals surface area (Å²) in [6.45, 7) is 3.40. The molecule has 2 aliphatic heterocycles. The average Bonchev–Trinajstić information content (AvgIpc) is 3.02. The number of furan rings is 1. The summed E-state index contributed by atoms with van der Waals surface area (Å²) in [5.74, 6) is 0.460. The van der Waals surface area contributed by atoms with Gasteiger partial charge in [-0.1, -0.05) is 0 Å². The van der Waals surface area contributed by atoms with Crippen molar-refractivity contribution in [2.45, 2.75) is 18.4 Å². The first-order valence-corrected chi connectivity index (χ1v) is 6.44. The summed E-state index contributed by atoms with van der Waals surface area (Å²) in [6.07, 6.45) is 1.60. The Kier molecular flexibility index (Phi) is 2.63. The molecule has 2 aliphatic rings. The molecule has 3 rings (SSSR count). The topological polar surface area (TPSA) is 65.8 Å². The van der Waals surface area contributed by atoms with Gasteiger partial charge in [-0.3, -0.25) is 9.69 Å². The molecule has 19 heavy (non-hydrogen) atoms. The fourth-order valence-corrected chi connectivity index (χ4v) is 3.17. The molecular formula is C13H17N3O3. The molecule has 1 aromatic heterocycles. The van der Waals surface area contributed by atoms with Crippen molar-refractivity contribution in [2.24, 2.45) is 0 Å². The highest BCUT2D eigenvalue weighted by atomic mass is 16.3. The van der Waals surface area contributed by atoms with E-state index in [0.29, 0.717) is 19.6 Å². The van der Waals surface area contributed by atoms with E-state index in [1.807, 2.05) is 18.0 Å². The lowest BCUT2D eigenvalue weighted by atomic mass is 9.85. The van der Waals surface area contributed by atoms with Crippen LogP contribution in [0.2, 0.25) is 0 Å². The highest BCUT2D eigenvalue weighted by molar-refractivity contribution is 6.08. The van der Waals surface area contributed by atoms with Crippen LogP contribution in [-0.2, 0) is 4.79 Å². The number of nitrogens with zero attached hydrogens (tertiary/aromatic N) is 2. The number of imide groups is 1. The maximum Gasteiger partial charge on any atom is 0.325 e. The predicted molar refractivity (Wildman–Crippen MR) is 67.6 cm³/mol. The van der Waals surface area contributed by atoms with E-state index < -0.39 is 5.54 Å². The first-order chi connectivity index (χ1) is 9.08. The molecule has 2 saturated heterocycles. The highest BCUT2D eigenvalue weighted by Crippen LogP contribution is 2.39. The molecule has 0 saturated carbocycles. The number of urea groups is 1. The van der Waals surface area contributed by atoms with Crippen molar-refractivity contribution < 1.29 is 14.0 Å². The molecule has 2 fully saturated rings. The number of nitrogens with one attached hydrogen (secondary N) is 1. The summed E-state index contributed by atoms with van der Waals surface area (Å²) in [5.41, 5.74) is -0.875. The second-order valence-electron chi connectivity index (χ2n) is 5.22. The fraction of sp³-hybridized carbons (Fsp3) is 0.538. The van der Waals surface area contributed by atoms with Crippen LogP contribution < -0.4 is 5.32 Å². The van der Waals surface area contributed by atoms with Gasteiger partial charge in [-0.05, 0) is 26.1 Å². The molecule has 6 heteroatoms. The van der Waals surface area contributed by atoms with E-state index in [9.17, 15) is 9.59 Å². The van der Waals surface area contributed by atoms with E-state index >= 15 is 0 Å². The molecule has 102 valence electrons. The van der Waals surface area contributed by atoms with Crippen molar-refractivity contribution in [3.8, 4) is 0 Å². The molecular weight excluding hydrogens is 246 g/mol. The number of likely N-dealkylation sites (N-methyl/N-ethyl adjacent to an activating group) is 2. The maximum absolute atomic E-state index is 12.6. The lowest BCUT2D eigenvalue weighted by Crippen LogP contribution is -2.52. The molecule has 2 atom stereocenters. The van der Waals surface area contributed by atoms with Crippen LogP contribution in [0.5, 0.6) is 0 Å². The summed E-state index contributed by atoms with van der Waals surface area (Å²) in [4.78, 5) is 27.9. The minimum Gasteiger partial charge on any atom is -0.469 e. The monoisotopic (exact) mass is 263 g/mol. The van der Waals surface area contributed by atoms with Crippen LogP contribution in [0.1, 0.15) is 18.6 Å². The van der Waals surface area contributed by atoms with Gasteiger partial charge < -0.3 is 14.6 Å². The molecule has 1 spiro atoms. The van der Waals surface area contributed by atoms with Gasteiger partial charge >= 0.3 is 6.03 Å². The minimum atomic E-state index is -0.875. The van der Waals surface area contributed by atoms with Gasteiger partial charge in [-0.15, -0.1) is 0 Å². The van der Waals surface area contributed by atoms with Gasteiger partial charge in [-0.2, -0.15) is 0 Å². The molecule has 3 amide bonds. The van der Waals surface area contributed by atoms with Crippen LogP contribution in [0.4, 0.5) is 4.79 Å². The second-order valence-corrected chi connectivity index (χ2v) is 5.22. The fourth-order valence-electron chi connectivity index (χ4n) is 3.17. The second kappa shape index (κ2) is 4.09. The Labute approximate surface area is 111 Å². The first kappa shape index (κ1) is 12.2. The number of amides is 3. The SMILES string of the molecule is CCN1C(=O)N[C@@]2(CN(C)C[C@H]2c2ccco2)C1=O. The molecule has 3 heterocycles. The first-order valence-electron chi connectivity index (χ1n) is 6.44. The molecule has 0 bridgehead atoms. The third-order valence-electron chi connectivity index (χ3n) is 4.01. The van der Waals surface area contributed by atoms with Crippen molar-refractivity contribution in [3.05, 3.63) is 24.2 Å². The number of likely N-dealkylation sites (tertiary alicyclic amines) is 1. The zero-order valence-corrected chi connectivity index (χ0v) is 11.0. The van der Waals surface area contributed by atoms with Crippen LogP contribution in [-0.4, -0.2) is 54.0 Å². The lowest BCUT2D eigenvalue weighted by Gasteiger charge is -2.26.